The number of aryl methyl sites for hydroxylation is 1. The zero-order valence-corrected chi connectivity index (χ0v) is 13.0. The molecule has 1 aromatic carbocycles. The number of nitrogens with two attached hydrogens (primary N) is 2. The maximum atomic E-state index is 12.1. The van der Waals surface area contributed by atoms with E-state index in [1.54, 1.807) is 0 Å². The Balaban J connectivity index is 1.81. The van der Waals surface area contributed by atoms with Gasteiger partial charge in [-0.1, -0.05) is 18.2 Å². The molecule has 1 atom stereocenters. The van der Waals surface area contributed by atoms with Gasteiger partial charge in [-0.3, -0.25) is 9.78 Å². The lowest BCUT2D eigenvalue weighted by atomic mass is 9.97. The first-order chi connectivity index (χ1) is 11.2. The number of nitrogen functional groups attached to an aromatic ring is 1. The molecule has 1 unspecified atom stereocenters. The number of fused-ring (bicyclic) bond motifs is 1. The molecule has 3 rings (SSSR count). The van der Waals surface area contributed by atoms with Gasteiger partial charge in [-0.2, -0.15) is 0 Å². The van der Waals surface area contributed by atoms with Crippen molar-refractivity contribution in [3.8, 4) is 5.75 Å². The number of H-pyrrole nitrogens is 1. The fourth-order valence-corrected chi connectivity index (χ4v) is 3.01. The summed E-state index contributed by atoms with van der Waals surface area (Å²) in [6.07, 6.45) is 3.82. The van der Waals surface area contributed by atoms with E-state index < -0.39 is 0 Å². The minimum absolute atomic E-state index is 0.00947. The number of rotatable bonds is 5. The lowest BCUT2D eigenvalue weighted by Gasteiger charge is -2.26. The van der Waals surface area contributed by atoms with Crippen LogP contribution in [0.25, 0.3) is 0 Å². The van der Waals surface area contributed by atoms with Crippen molar-refractivity contribution >= 4 is 5.95 Å². The highest BCUT2D eigenvalue weighted by Gasteiger charge is 2.22. The van der Waals surface area contributed by atoms with Crippen LogP contribution in [-0.4, -0.2) is 22.6 Å². The lowest BCUT2D eigenvalue weighted by Crippen LogP contribution is -2.28. The van der Waals surface area contributed by atoms with Gasteiger partial charge in [0.25, 0.3) is 5.56 Å². The van der Waals surface area contributed by atoms with E-state index in [2.05, 4.69) is 16.0 Å². The molecule has 0 saturated heterocycles. The zero-order chi connectivity index (χ0) is 16.2. The second kappa shape index (κ2) is 6.83. The third-order valence-corrected chi connectivity index (χ3v) is 4.17. The molecule has 23 heavy (non-hydrogen) atoms. The van der Waals surface area contributed by atoms with Crippen molar-refractivity contribution in [3.05, 3.63) is 51.4 Å². The van der Waals surface area contributed by atoms with Crippen LogP contribution in [0.15, 0.2) is 29.1 Å². The molecular formula is C17H22N4O2. The number of anilines is 1. The second-order valence-corrected chi connectivity index (χ2v) is 5.86. The van der Waals surface area contributed by atoms with E-state index >= 15 is 0 Å². The molecule has 6 heteroatoms. The van der Waals surface area contributed by atoms with Crippen molar-refractivity contribution in [2.45, 2.75) is 38.2 Å². The molecule has 5 N–H and O–H groups in total. The smallest absolute Gasteiger partial charge is 0.255 e. The molecule has 6 nitrogen and oxygen atoms in total. The molecule has 1 aliphatic heterocycles. The Kier molecular flexibility index (Phi) is 4.62. The Bertz CT molecular complexity index is 742. The predicted octanol–water partition coefficient (Wildman–Crippen LogP) is 1.18. The topological polar surface area (TPSA) is 107 Å². The average molecular weight is 314 g/mol. The Labute approximate surface area is 134 Å². The lowest BCUT2D eigenvalue weighted by molar-refractivity contribution is 0.172. The third kappa shape index (κ3) is 3.53. The van der Waals surface area contributed by atoms with Crippen molar-refractivity contribution in [2.75, 3.05) is 12.3 Å². The highest BCUT2D eigenvalue weighted by Crippen LogP contribution is 2.28. The second-order valence-electron chi connectivity index (χ2n) is 5.86. The number of hydrogen-bond donors (Lipinski definition) is 3. The van der Waals surface area contributed by atoms with Crippen LogP contribution >= 0.6 is 0 Å². The third-order valence-electron chi connectivity index (χ3n) is 4.17. The van der Waals surface area contributed by atoms with E-state index in [-0.39, 0.29) is 17.6 Å². The van der Waals surface area contributed by atoms with Crippen LogP contribution in [-0.2, 0) is 19.3 Å². The molecule has 0 spiro atoms. The first kappa shape index (κ1) is 15.6. The molecule has 2 heterocycles. The van der Waals surface area contributed by atoms with E-state index in [0.717, 1.165) is 30.7 Å². The maximum Gasteiger partial charge on any atom is 0.255 e. The van der Waals surface area contributed by atoms with Crippen LogP contribution in [0, 0.1) is 0 Å². The number of nitrogens with zero attached hydrogens (tertiary/aromatic N) is 1. The van der Waals surface area contributed by atoms with Gasteiger partial charge >= 0.3 is 0 Å². The number of hydrogen-bond acceptors (Lipinski definition) is 5. The van der Waals surface area contributed by atoms with Crippen LogP contribution in [0.4, 0.5) is 5.95 Å². The largest absolute Gasteiger partial charge is 0.490 e. The van der Waals surface area contributed by atoms with Gasteiger partial charge in [-0.15, -0.1) is 0 Å². The first-order valence-electron chi connectivity index (χ1n) is 7.99. The highest BCUT2D eigenvalue weighted by atomic mass is 16.5. The number of nitrogens with one attached hydrogen (secondary N) is 1. The number of ether oxygens (including phenoxy) is 1. The molecule has 122 valence electrons. The predicted molar refractivity (Wildman–Crippen MR) is 89.5 cm³/mol. The van der Waals surface area contributed by atoms with Crippen LogP contribution < -0.4 is 21.8 Å². The van der Waals surface area contributed by atoms with Crippen LogP contribution in [0.3, 0.4) is 0 Å². The van der Waals surface area contributed by atoms with Gasteiger partial charge in [0.15, 0.2) is 0 Å². The summed E-state index contributed by atoms with van der Waals surface area (Å²) in [5, 5.41) is 0. The van der Waals surface area contributed by atoms with Gasteiger partial charge in [0.2, 0.25) is 5.95 Å². The van der Waals surface area contributed by atoms with Crippen LogP contribution in [0.1, 0.15) is 29.7 Å². The quantitative estimate of drug-likeness (QED) is 0.768. The van der Waals surface area contributed by atoms with Gasteiger partial charge in [0, 0.05) is 12.0 Å². The Morgan fingerprint density at radius 3 is 3.00 bits per heavy atom. The fraction of sp³-hybridized carbons (Fsp3) is 0.412. The van der Waals surface area contributed by atoms with E-state index in [4.69, 9.17) is 16.2 Å². The van der Waals surface area contributed by atoms with Crippen molar-refractivity contribution in [3.63, 3.8) is 0 Å². The maximum absolute atomic E-state index is 12.1. The number of aromatic amines is 1. The summed E-state index contributed by atoms with van der Waals surface area (Å²) in [6, 6.07) is 8.06. The highest BCUT2D eigenvalue weighted by molar-refractivity contribution is 5.35. The number of benzene rings is 1. The van der Waals surface area contributed by atoms with Gasteiger partial charge < -0.3 is 16.2 Å². The van der Waals surface area contributed by atoms with Gasteiger partial charge in [-0.05, 0) is 43.9 Å². The molecule has 2 aromatic rings. The van der Waals surface area contributed by atoms with Crippen molar-refractivity contribution in [1.29, 1.82) is 0 Å². The van der Waals surface area contributed by atoms with Crippen molar-refractivity contribution in [2.24, 2.45) is 5.73 Å². The Hall–Kier alpha value is -2.34. The molecule has 0 radical (unpaired) electrons. The molecular weight excluding hydrogens is 292 g/mol. The van der Waals surface area contributed by atoms with Crippen LogP contribution in [0.5, 0.6) is 5.75 Å². The fourth-order valence-electron chi connectivity index (χ4n) is 3.01. The van der Waals surface area contributed by atoms with E-state index in [1.807, 2.05) is 18.2 Å². The molecule has 1 aromatic heterocycles. The molecule has 1 aliphatic rings. The van der Waals surface area contributed by atoms with Crippen molar-refractivity contribution in [1.82, 2.24) is 9.97 Å². The minimum atomic E-state index is -0.169. The Morgan fingerprint density at radius 2 is 2.17 bits per heavy atom. The van der Waals surface area contributed by atoms with E-state index in [1.165, 1.54) is 5.56 Å². The summed E-state index contributed by atoms with van der Waals surface area (Å²) >= 11 is 0. The normalized spacial score (nSPS) is 16.7. The van der Waals surface area contributed by atoms with Crippen molar-refractivity contribution < 1.29 is 4.74 Å². The van der Waals surface area contributed by atoms with Crippen LogP contribution in [0.2, 0.25) is 0 Å². The number of aromatic nitrogens is 2. The van der Waals surface area contributed by atoms with Gasteiger partial charge in [0.1, 0.15) is 11.9 Å². The first-order valence-corrected chi connectivity index (χ1v) is 7.99. The summed E-state index contributed by atoms with van der Waals surface area (Å²) in [4.78, 5) is 19.1. The average Bonchev–Trinajstić information content (AvgIpc) is 2.54. The van der Waals surface area contributed by atoms with Gasteiger partial charge in [-0.25, -0.2) is 4.98 Å². The summed E-state index contributed by atoms with van der Waals surface area (Å²) in [7, 11) is 0. The molecule has 0 saturated carbocycles. The zero-order valence-electron chi connectivity index (χ0n) is 13.0. The standard InChI is InChI=1S/C17H22N4O2/c18-9-3-5-13-14(20-17(19)21-16(13)22)10-12-8-7-11-4-1-2-6-15(11)23-12/h1-2,4,6,12H,3,5,7-10,18H2,(H3,19,20,21,22). The SMILES string of the molecule is NCCCc1c(CC2CCc3ccccc3O2)nc(N)[nH]c1=O. The molecule has 0 amide bonds. The molecule has 0 fully saturated rings. The molecule has 0 bridgehead atoms. The van der Waals surface area contributed by atoms with Gasteiger partial charge in [0.05, 0.1) is 5.69 Å². The number of para-hydroxylation sites is 1. The monoisotopic (exact) mass is 314 g/mol. The summed E-state index contributed by atoms with van der Waals surface area (Å²) in [5.41, 5.74) is 13.7. The minimum Gasteiger partial charge on any atom is -0.490 e. The Morgan fingerprint density at radius 1 is 1.35 bits per heavy atom. The van der Waals surface area contributed by atoms with E-state index in [9.17, 15) is 4.79 Å². The van der Waals surface area contributed by atoms with E-state index in [0.29, 0.717) is 24.9 Å². The summed E-state index contributed by atoms with van der Waals surface area (Å²) in [5.74, 6) is 1.07. The summed E-state index contributed by atoms with van der Waals surface area (Å²) in [6.45, 7) is 0.538. The summed E-state index contributed by atoms with van der Waals surface area (Å²) < 4.78 is 6.06. The molecule has 0 aliphatic carbocycles.